The molecule has 1 amide bonds. The topological polar surface area (TPSA) is 70.9 Å². The van der Waals surface area contributed by atoms with E-state index in [1.165, 1.54) is 0 Å². The van der Waals surface area contributed by atoms with Gasteiger partial charge in [-0.1, -0.05) is 18.2 Å². The average Bonchev–Trinajstić information content (AvgIpc) is 2.98. The molecule has 1 aliphatic carbocycles. The highest BCUT2D eigenvalue weighted by Crippen LogP contribution is 2.34. The van der Waals surface area contributed by atoms with Crippen molar-refractivity contribution in [3.05, 3.63) is 36.0 Å². The number of amides is 1. The minimum atomic E-state index is -0.489. The number of H-pyrrole nitrogens is 1. The molecule has 0 radical (unpaired) electrons. The number of carbonyl (C=O) groups is 1. The van der Waals surface area contributed by atoms with Gasteiger partial charge < -0.3 is 16.0 Å². The van der Waals surface area contributed by atoms with Gasteiger partial charge in [0.1, 0.15) is 0 Å². The second-order valence-electron chi connectivity index (χ2n) is 5.72. The lowest BCUT2D eigenvalue weighted by molar-refractivity contribution is -0.123. The van der Waals surface area contributed by atoms with E-state index in [1.807, 2.05) is 30.5 Å². The fourth-order valence-corrected chi connectivity index (χ4v) is 2.33. The van der Waals surface area contributed by atoms with Crippen molar-refractivity contribution in [2.75, 3.05) is 0 Å². The molecule has 4 heteroatoms. The van der Waals surface area contributed by atoms with Gasteiger partial charge in [0.2, 0.25) is 5.91 Å². The maximum Gasteiger partial charge on any atom is 0.237 e. The standard InChI is InChI=1S/C15H19N3O/c1-15(6-7-15)18-14(19)12(16)8-10-9-17-13-5-3-2-4-11(10)13/h2-5,9,12,17H,6-8,16H2,1H3,(H,18,19)/t12-/m0/s1. The van der Waals surface area contributed by atoms with E-state index in [4.69, 9.17) is 5.73 Å². The van der Waals surface area contributed by atoms with Gasteiger partial charge in [-0.3, -0.25) is 4.79 Å². The predicted octanol–water partition coefficient (Wildman–Crippen LogP) is 1.71. The largest absolute Gasteiger partial charge is 0.361 e. The SMILES string of the molecule is CC1(NC(=O)[C@@H](N)Cc2c[nH]c3ccccc23)CC1. The normalized spacial score (nSPS) is 18.2. The Hall–Kier alpha value is -1.81. The summed E-state index contributed by atoms with van der Waals surface area (Å²) in [5.41, 5.74) is 8.18. The van der Waals surface area contributed by atoms with Crippen LogP contribution in [-0.2, 0) is 11.2 Å². The number of aromatic nitrogens is 1. The van der Waals surface area contributed by atoms with Crippen LogP contribution in [-0.4, -0.2) is 22.5 Å². The maximum absolute atomic E-state index is 12.0. The number of fused-ring (bicyclic) bond motifs is 1. The number of hydrogen-bond donors (Lipinski definition) is 3. The molecule has 1 aromatic heterocycles. The molecule has 19 heavy (non-hydrogen) atoms. The van der Waals surface area contributed by atoms with E-state index in [-0.39, 0.29) is 11.4 Å². The molecular formula is C15H19N3O. The molecule has 1 atom stereocenters. The zero-order valence-corrected chi connectivity index (χ0v) is 11.1. The molecule has 4 nitrogen and oxygen atoms in total. The van der Waals surface area contributed by atoms with Crippen LogP contribution in [0.15, 0.2) is 30.5 Å². The number of hydrogen-bond acceptors (Lipinski definition) is 2. The Labute approximate surface area is 112 Å². The maximum atomic E-state index is 12.0. The van der Waals surface area contributed by atoms with Gasteiger partial charge in [0, 0.05) is 22.6 Å². The van der Waals surface area contributed by atoms with Crippen molar-refractivity contribution < 1.29 is 4.79 Å². The summed E-state index contributed by atoms with van der Waals surface area (Å²) in [6.07, 6.45) is 4.61. The van der Waals surface area contributed by atoms with Crippen molar-refractivity contribution in [2.24, 2.45) is 5.73 Å². The van der Waals surface area contributed by atoms with Gasteiger partial charge >= 0.3 is 0 Å². The van der Waals surface area contributed by atoms with Crippen molar-refractivity contribution in [3.8, 4) is 0 Å². The van der Waals surface area contributed by atoms with E-state index in [9.17, 15) is 4.79 Å². The summed E-state index contributed by atoms with van der Waals surface area (Å²) in [6, 6.07) is 7.57. The Kier molecular flexibility index (Phi) is 2.82. The summed E-state index contributed by atoms with van der Waals surface area (Å²) >= 11 is 0. The second kappa shape index (κ2) is 4.38. The molecule has 0 saturated heterocycles. The summed E-state index contributed by atoms with van der Waals surface area (Å²) in [4.78, 5) is 15.2. The van der Waals surface area contributed by atoms with Crippen LogP contribution in [0.1, 0.15) is 25.3 Å². The molecule has 1 aromatic carbocycles. The lowest BCUT2D eigenvalue weighted by Gasteiger charge is -2.16. The smallest absolute Gasteiger partial charge is 0.237 e. The predicted molar refractivity (Wildman–Crippen MR) is 75.8 cm³/mol. The average molecular weight is 257 g/mol. The molecule has 0 bridgehead atoms. The van der Waals surface area contributed by atoms with Crippen LogP contribution in [0.3, 0.4) is 0 Å². The Morgan fingerprint density at radius 2 is 2.21 bits per heavy atom. The van der Waals surface area contributed by atoms with Crippen LogP contribution in [0.5, 0.6) is 0 Å². The molecular weight excluding hydrogens is 238 g/mol. The molecule has 4 N–H and O–H groups in total. The number of benzene rings is 1. The zero-order valence-electron chi connectivity index (χ0n) is 11.1. The number of carbonyl (C=O) groups excluding carboxylic acids is 1. The van der Waals surface area contributed by atoms with Crippen LogP contribution < -0.4 is 11.1 Å². The number of aromatic amines is 1. The molecule has 1 aliphatic rings. The third-order valence-electron chi connectivity index (χ3n) is 3.88. The van der Waals surface area contributed by atoms with Crippen LogP contribution >= 0.6 is 0 Å². The summed E-state index contributed by atoms with van der Waals surface area (Å²) in [5, 5.41) is 4.16. The van der Waals surface area contributed by atoms with E-state index in [0.717, 1.165) is 29.3 Å². The van der Waals surface area contributed by atoms with Gasteiger partial charge in [0.25, 0.3) is 0 Å². The highest BCUT2D eigenvalue weighted by Gasteiger charge is 2.39. The van der Waals surface area contributed by atoms with Gasteiger partial charge in [-0.2, -0.15) is 0 Å². The van der Waals surface area contributed by atoms with E-state index in [0.29, 0.717) is 6.42 Å². The van der Waals surface area contributed by atoms with Crippen LogP contribution in [0.2, 0.25) is 0 Å². The highest BCUT2D eigenvalue weighted by molar-refractivity contribution is 5.86. The van der Waals surface area contributed by atoms with E-state index < -0.39 is 6.04 Å². The molecule has 3 rings (SSSR count). The van der Waals surface area contributed by atoms with Gasteiger partial charge in [0.05, 0.1) is 6.04 Å². The lowest BCUT2D eigenvalue weighted by atomic mass is 10.0. The van der Waals surface area contributed by atoms with Crippen molar-refractivity contribution in [1.82, 2.24) is 10.3 Å². The summed E-state index contributed by atoms with van der Waals surface area (Å²) in [7, 11) is 0. The van der Waals surface area contributed by atoms with Gasteiger partial charge in [0.15, 0.2) is 0 Å². The lowest BCUT2D eigenvalue weighted by Crippen LogP contribution is -2.46. The van der Waals surface area contributed by atoms with Gasteiger partial charge in [-0.05, 0) is 37.8 Å². The zero-order chi connectivity index (χ0) is 13.5. The number of rotatable bonds is 4. The molecule has 1 heterocycles. The summed E-state index contributed by atoms with van der Waals surface area (Å²) in [6.45, 7) is 2.06. The minimum absolute atomic E-state index is 0.00504. The van der Waals surface area contributed by atoms with Crippen LogP contribution in [0.25, 0.3) is 10.9 Å². The Morgan fingerprint density at radius 3 is 2.95 bits per heavy atom. The van der Waals surface area contributed by atoms with Crippen molar-refractivity contribution in [3.63, 3.8) is 0 Å². The molecule has 1 fully saturated rings. The summed E-state index contributed by atoms with van der Waals surface area (Å²) < 4.78 is 0. The molecule has 0 spiro atoms. The third kappa shape index (κ3) is 2.49. The van der Waals surface area contributed by atoms with Crippen LogP contribution in [0, 0.1) is 0 Å². The van der Waals surface area contributed by atoms with Gasteiger partial charge in [-0.15, -0.1) is 0 Å². The van der Waals surface area contributed by atoms with Crippen LogP contribution in [0.4, 0.5) is 0 Å². The van der Waals surface area contributed by atoms with E-state index in [2.05, 4.69) is 17.2 Å². The molecule has 1 saturated carbocycles. The van der Waals surface area contributed by atoms with E-state index >= 15 is 0 Å². The summed E-state index contributed by atoms with van der Waals surface area (Å²) in [5.74, 6) is -0.0507. The first-order chi connectivity index (χ1) is 9.07. The monoisotopic (exact) mass is 257 g/mol. The molecule has 0 aliphatic heterocycles. The first kappa shape index (κ1) is 12.2. The van der Waals surface area contributed by atoms with Crippen molar-refractivity contribution >= 4 is 16.8 Å². The molecule has 2 aromatic rings. The molecule has 100 valence electrons. The highest BCUT2D eigenvalue weighted by atomic mass is 16.2. The minimum Gasteiger partial charge on any atom is -0.361 e. The van der Waals surface area contributed by atoms with E-state index in [1.54, 1.807) is 0 Å². The first-order valence-corrected chi connectivity index (χ1v) is 6.70. The fourth-order valence-electron chi connectivity index (χ4n) is 2.33. The first-order valence-electron chi connectivity index (χ1n) is 6.70. The number of nitrogens with one attached hydrogen (secondary N) is 2. The second-order valence-corrected chi connectivity index (χ2v) is 5.72. The van der Waals surface area contributed by atoms with Crippen molar-refractivity contribution in [1.29, 1.82) is 0 Å². The Morgan fingerprint density at radius 1 is 1.47 bits per heavy atom. The van der Waals surface area contributed by atoms with Crippen molar-refractivity contribution in [2.45, 2.75) is 37.8 Å². The number of nitrogens with two attached hydrogens (primary N) is 1. The third-order valence-corrected chi connectivity index (χ3v) is 3.88. The Bertz CT molecular complexity index is 613. The molecule has 0 unspecified atom stereocenters. The number of para-hydroxylation sites is 1. The quantitative estimate of drug-likeness (QED) is 0.780. The Balaban J connectivity index is 1.71. The fraction of sp³-hybridized carbons (Fsp3) is 0.400. The van der Waals surface area contributed by atoms with Gasteiger partial charge in [-0.25, -0.2) is 0 Å².